The molecule has 4 heteroatoms. The second kappa shape index (κ2) is 4.57. The van der Waals surface area contributed by atoms with Gasteiger partial charge in [0.05, 0.1) is 11.4 Å². The first-order chi connectivity index (χ1) is 8.17. The van der Waals surface area contributed by atoms with E-state index in [-0.39, 0.29) is 0 Å². The van der Waals surface area contributed by atoms with E-state index >= 15 is 0 Å². The molecule has 0 bridgehead atoms. The second-order valence-electron chi connectivity index (χ2n) is 4.08. The zero-order valence-electron chi connectivity index (χ0n) is 10.6. The number of aromatic nitrogens is 3. The summed E-state index contributed by atoms with van der Waals surface area (Å²) in [4.78, 5) is 4.50. The van der Waals surface area contributed by atoms with Crippen molar-refractivity contribution in [2.24, 2.45) is 0 Å². The fourth-order valence-electron chi connectivity index (χ4n) is 1.92. The summed E-state index contributed by atoms with van der Waals surface area (Å²) in [6.07, 6.45) is 1.69. The lowest BCUT2D eigenvalue weighted by Gasteiger charge is -2.10. The van der Waals surface area contributed by atoms with Gasteiger partial charge in [-0.05, 0) is 18.6 Å². The van der Waals surface area contributed by atoms with Crippen LogP contribution < -0.4 is 5.73 Å². The first-order valence-electron chi connectivity index (χ1n) is 5.97. The number of nitrogens with zero attached hydrogens (tertiary/aromatic N) is 3. The van der Waals surface area contributed by atoms with Crippen molar-refractivity contribution < 1.29 is 0 Å². The summed E-state index contributed by atoms with van der Waals surface area (Å²) in [7, 11) is 0. The molecular weight excluding hydrogens is 212 g/mol. The van der Waals surface area contributed by atoms with Crippen molar-refractivity contribution in [2.75, 3.05) is 5.73 Å². The van der Waals surface area contributed by atoms with Crippen LogP contribution in [0.3, 0.4) is 0 Å². The number of hydrogen-bond donors (Lipinski definition) is 1. The van der Waals surface area contributed by atoms with Crippen LogP contribution in [0, 0.1) is 6.92 Å². The Morgan fingerprint density at radius 3 is 2.59 bits per heavy atom. The first kappa shape index (κ1) is 11.6. The molecule has 90 valence electrons. The fourth-order valence-corrected chi connectivity index (χ4v) is 1.92. The molecule has 0 aliphatic carbocycles. The SMILES string of the molecule is CCc1nc(CC)n(-c2c(C)cccc2N)n1. The van der Waals surface area contributed by atoms with Gasteiger partial charge in [-0.2, -0.15) is 5.10 Å². The van der Waals surface area contributed by atoms with Gasteiger partial charge in [0, 0.05) is 12.8 Å². The van der Waals surface area contributed by atoms with Gasteiger partial charge in [-0.25, -0.2) is 9.67 Å². The molecule has 2 rings (SSSR count). The van der Waals surface area contributed by atoms with E-state index in [1.807, 2.05) is 29.8 Å². The molecule has 0 fully saturated rings. The average Bonchev–Trinajstić information content (AvgIpc) is 2.72. The lowest BCUT2D eigenvalue weighted by molar-refractivity contribution is 0.788. The zero-order chi connectivity index (χ0) is 12.4. The summed E-state index contributed by atoms with van der Waals surface area (Å²) < 4.78 is 1.88. The van der Waals surface area contributed by atoms with Crippen molar-refractivity contribution in [3.8, 4) is 5.69 Å². The maximum absolute atomic E-state index is 6.04. The summed E-state index contributed by atoms with van der Waals surface area (Å²) >= 11 is 0. The Bertz CT molecular complexity index is 508. The van der Waals surface area contributed by atoms with Crippen molar-refractivity contribution in [1.82, 2.24) is 14.8 Å². The molecule has 2 aromatic rings. The monoisotopic (exact) mass is 230 g/mol. The maximum atomic E-state index is 6.04. The van der Waals surface area contributed by atoms with Crippen LogP contribution in [0.25, 0.3) is 5.69 Å². The number of rotatable bonds is 3. The highest BCUT2D eigenvalue weighted by Gasteiger charge is 2.13. The number of aryl methyl sites for hydroxylation is 3. The van der Waals surface area contributed by atoms with Gasteiger partial charge in [0.1, 0.15) is 5.82 Å². The maximum Gasteiger partial charge on any atom is 0.151 e. The Hall–Kier alpha value is -1.84. The molecule has 0 aliphatic heterocycles. The Morgan fingerprint density at radius 2 is 2.00 bits per heavy atom. The van der Waals surface area contributed by atoms with Crippen LogP contribution in [-0.2, 0) is 12.8 Å². The average molecular weight is 230 g/mol. The highest BCUT2D eigenvalue weighted by atomic mass is 15.4. The van der Waals surface area contributed by atoms with Crippen LogP contribution in [-0.4, -0.2) is 14.8 Å². The van der Waals surface area contributed by atoms with E-state index in [9.17, 15) is 0 Å². The molecule has 0 aliphatic rings. The smallest absolute Gasteiger partial charge is 0.151 e. The van der Waals surface area contributed by atoms with Crippen LogP contribution in [0.5, 0.6) is 0 Å². The van der Waals surface area contributed by atoms with E-state index in [2.05, 4.69) is 23.9 Å². The lowest BCUT2D eigenvalue weighted by Crippen LogP contribution is -2.07. The van der Waals surface area contributed by atoms with Crippen molar-refractivity contribution >= 4 is 5.69 Å². The third-order valence-electron chi connectivity index (χ3n) is 2.83. The summed E-state index contributed by atoms with van der Waals surface area (Å²) in [5.74, 6) is 1.83. The highest BCUT2D eigenvalue weighted by molar-refractivity contribution is 5.61. The number of anilines is 1. The normalized spacial score (nSPS) is 10.8. The molecule has 1 aromatic heterocycles. The van der Waals surface area contributed by atoms with Gasteiger partial charge < -0.3 is 5.73 Å². The van der Waals surface area contributed by atoms with Gasteiger partial charge in [-0.1, -0.05) is 26.0 Å². The Labute approximate surface area is 101 Å². The van der Waals surface area contributed by atoms with Crippen LogP contribution in [0.15, 0.2) is 18.2 Å². The molecule has 0 saturated heterocycles. The molecule has 0 spiro atoms. The fraction of sp³-hybridized carbons (Fsp3) is 0.385. The van der Waals surface area contributed by atoms with E-state index in [4.69, 9.17) is 5.73 Å². The quantitative estimate of drug-likeness (QED) is 0.823. The number of hydrogen-bond acceptors (Lipinski definition) is 3. The number of nitrogen functional groups attached to an aromatic ring is 1. The van der Waals surface area contributed by atoms with Crippen molar-refractivity contribution in [3.05, 3.63) is 35.4 Å². The minimum Gasteiger partial charge on any atom is -0.397 e. The van der Waals surface area contributed by atoms with Crippen LogP contribution in [0.2, 0.25) is 0 Å². The molecule has 0 amide bonds. The molecule has 0 saturated carbocycles. The Morgan fingerprint density at radius 1 is 1.24 bits per heavy atom. The summed E-state index contributed by atoms with van der Waals surface area (Å²) in [5.41, 5.74) is 8.85. The van der Waals surface area contributed by atoms with Gasteiger partial charge >= 0.3 is 0 Å². The molecule has 1 heterocycles. The minimum absolute atomic E-state index is 0.743. The van der Waals surface area contributed by atoms with E-state index in [0.29, 0.717) is 0 Å². The standard InChI is InChI=1S/C13H18N4/c1-4-11-15-12(5-2)17(16-11)13-9(3)7-6-8-10(13)14/h6-8H,4-5,14H2,1-3H3. The highest BCUT2D eigenvalue weighted by Crippen LogP contribution is 2.22. The number of benzene rings is 1. The molecule has 4 nitrogen and oxygen atoms in total. The number of nitrogens with two attached hydrogens (primary N) is 1. The van der Waals surface area contributed by atoms with Gasteiger partial charge in [0.25, 0.3) is 0 Å². The molecule has 0 unspecified atom stereocenters. The van der Waals surface area contributed by atoms with E-state index in [1.54, 1.807) is 0 Å². The van der Waals surface area contributed by atoms with E-state index in [0.717, 1.165) is 41.4 Å². The van der Waals surface area contributed by atoms with Crippen LogP contribution in [0.4, 0.5) is 5.69 Å². The predicted molar refractivity (Wildman–Crippen MR) is 69.3 cm³/mol. The van der Waals surface area contributed by atoms with E-state index in [1.165, 1.54) is 0 Å². The third kappa shape index (κ3) is 2.02. The minimum atomic E-state index is 0.743. The molecule has 2 N–H and O–H groups in total. The van der Waals surface area contributed by atoms with E-state index < -0.39 is 0 Å². The van der Waals surface area contributed by atoms with Crippen molar-refractivity contribution in [2.45, 2.75) is 33.6 Å². The van der Waals surface area contributed by atoms with Crippen LogP contribution in [0.1, 0.15) is 31.1 Å². The van der Waals surface area contributed by atoms with Gasteiger partial charge in [-0.3, -0.25) is 0 Å². The van der Waals surface area contributed by atoms with Crippen molar-refractivity contribution in [1.29, 1.82) is 0 Å². The molecule has 0 radical (unpaired) electrons. The second-order valence-corrected chi connectivity index (χ2v) is 4.08. The molecular formula is C13H18N4. The Balaban J connectivity index is 2.63. The van der Waals surface area contributed by atoms with Crippen LogP contribution >= 0.6 is 0 Å². The van der Waals surface area contributed by atoms with Gasteiger partial charge in [0.2, 0.25) is 0 Å². The van der Waals surface area contributed by atoms with Gasteiger partial charge in [-0.15, -0.1) is 0 Å². The zero-order valence-corrected chi connectivity index (χ0v) is 10.6. The first-order valence-corrected chi connectivity index (χ1v) is 5.97. The molecule has 17 heavy (non-hydrogen) atoms. The third-order valence-corrected chi connectivity index (χ3v) is 2.83. The number of para-hydroxylation sites is 1. The summed E-state index contributed by atoms with van der Waals surface area (Å²) in [5, 5.41) is 4.52. The largest absolute Gasteiger partial charge is 0.397 e. The lowest BCUT2D eigenvalue weighted by atomic mass is 10.1. The summed E-state index contributed by atoms with van der Waals surface area (Å²) in [6.45, 7) is 6.17. The topological polar surface area (TPSA) is 56.7 Å². The summed E-state index contributed by atoms with van der Waals surface area (Å²) in [6, 6.07) is 5.89. The Kier molecular flexibility index (Phi) is 3.13. The molecule has 0 atom stereocenters. The predicted octanol–water partition coefficient (Wildman–Crippen LogP) is 2.28. The van der Waals surface area contributed by atoms with Gasteiger partial charge in [0.15, 0.2) is 5.82 Å². The van der Waals surface area contributed by atoms with Crippen molar-refractivity contribution in [3.63, 3.8) is 0 Å². The molecule has 1 aromatic carbocycles.